The van der Waals surface area contributed by atoms with Crippen molar-refractivity contribution in [2.24, 2.45) is 0 Å². The van der Waals surface area contributed by atoms with Crippen LogP contribution >= 0.6 is 0 Å². The molecule has 0 atom stereocenters. The minimum atomic E-state index is -0.516. The first-order valence-corrected chi connectivity index (χ1v) is 11.7. The van der Waals surface area contributed by atoms with Gasteiger partial charge < -0.3 is 9.47 Å². The van der Waals surface area contributed by atoms with Crippen molar-refractivity contribution in [2.45, 2.75) is 77.6 Å². The molecule has 0 aromatic heterocycles. The Kier molecular flexibility index (Phi) is 11.6. The van der Waals surface area contributed by atoms with E-state index in [1.165, 1.54) is 44.9 Å². The van der Waals surface area contributed by atoms with E-state index < -0.39 is 5.97 Å². The molecule has 170 valence electrons. The fourth-order valence-electron chi connectivity index (χ4n) is 3.36. The summed E-state index contributed by atoms with van der Waals surface area (Å²) in [6, 6.07) is 14.6. The van der Waals surface area contributed by atoms with Crippen molar-refractivity contribution in [3.05, 3.63) is 59.7 Å². The van der Waals surface area contributed by atoms with E-state index in [-0.39, 0.29) is 5.97 Å². The minimum Gasteiger partial charge on any atom is -0.427 e. The molecule has 0 aliphatic carbocycles. The Hall–Kier alpha value is -3.13. The molecule has 0 aliphatic heterocycles. The second-order valence-corrected chi connectivity index (χ2v) is 7.96. The van der Waals surface area contributed by atoms with Gasteiger partial charge in [0.05, 0.1) is 17.2 Å². The molecule has 0 saturated heterocycles. The number of carbonyl (C=O) groups is 2. The van der Waals surface area contributed by atoms with Crippen molar-refractivity contribution in [1.82, 2.24) is 0 Å². The molecule has 0 radical (unpaired) electrons. The monoisotopic (exact) mass is 435 g/mol. The van der Waals surface area contributed by atoms with Gasteiger partial charge in [-0.05, 0) is 55.0 Å². The summed E-state index contributed by atoms with van der Waals surface area (Å²) in [5.41, 5.74) is 0.845. The lowest BCUT2D eigenvalue weighted by Gasteiger charge is -2.07. The maximum atomic E-state index is 12.2. The van der Waals surface area contributed by atoms with E-state index in [9.17, 15) is 9.59 Å². The third-order valence-corrected chi connectivity index (χ3v) is 5.25. The molecule has 0 bridgehead atoms. The number of nitriles is 1. The number of hydrogen-bond donors (Lipinski definition) is 0. The van der Waals surface area contributed by atoms with Crippen LogP contribution < -0.4 is 9.47 Å². The van der Waals surface area contributed by atoms with Gasteiger partial charge in [-0.15, -0.1) is 0 Å². The third kappa shape index (κ3) is 9.78. The molecule has 0 N–H and O–H groups in total. The van der Waals surface area contributed by atoms with Crippen LogP contribution in [0.4, 0.5) is 0 Å². The number of carbonyl (C=O) groups excluding carboxylic acids is 2. The van der Waals surface area contributed by atoms with Crippen LogP contribution in [0.25, 0.3) is 0 Å². The van der Waals surface area contributed by atoms with E-state index in [4.69, 9.17) is 14.7 Å². The summed E-state index contributed by atoms with van der Waals surface area (Å²) in [6.07, 6.45) is 12.6. The van der Waals surface area contributed by atoms with Crippen molar-refractivity contribution in [2.75, 3.05) is 0 Å². The Labute approximate surface area is 191 Å². The zero-order valence-electron chi connectivity index (χ0n) is 19.0. The van der Waals surface area contributed by atoms with E-state index in [0.717, 1.165) is 19.3 Å². The quantitative estimate of drug-likeness (QED) is 0.181. The Morgan fingerprint density at radius 1 is 0.719 bits per heavy atom. The number of ether oxygens (including phenoxy) is 2. The molecule has 0 amide bonds. The summed E-state index contributed by atoms with van der Waals surface area (Å²) < 4.78 is 10.6. The van der Waals surface area contributed by atoms with Crippen LogP contribution in [0.2, 0.25) is 0 Å². The molecule has 0 aliphatic rings. The van der Waals surface area contributed by atoms with Crippen LogP contribution in [0.3, 0.4) is 0 Å². The zero-order chi connectivity index (χ0) is 23.0. The average Bonchev–Trinajstić information content (AvgIpc) is 2.81. The summed E-state index contributed by atoms with van der Waals surface area (Å²) in [7, 11) is 0. The van der Waals surface area contributed by atoms with Gasteiger partial charge >= 0.3 is 11.9 Å². The van der Waals surface area contributed by atoms with Gasteiger partial charge in [0.15, 0.2) is 0 Å². The maximum Gasteiger partial charge on any atom is 0.343 e. The lowest BCUT2D eigenvalue weighted by molar-refractivity contribution is -0.134. The second-order valence-electron chi connectivity index (χ2n) is 7.96. The average molecular weight is 436 g/mol. The molecule has 2 aromatic carbocycles. The van der Waals surface area contributed by atoms with Crippen LogP contribution in [0.1, 0.15) is 93.5 Å². The van der Waals surface area contributed by atoms with Crippen LogP contribution in [0.15, 0.2) is 48.5 Å². The molecular formula is C27H33NO4. The molecule has 5 nitrogen and oxygen atoms in total. The highest BCUT2D eigenvalue weighted by molar-refractivity contribution is 5.91. The van der Waals surface area contributed by atoms with Crippen LogP contribution in [0, 0.1) is 11.3 Å². The van der Waals surface area contributed by atoms with Gasteiger partial charge in [-0.2, -0.15) is 5.26 Å². The van der Waals surface area contributed by atoms with E-state index in [0.29, 0.717) is 29.0 Å². The SMILES string of the molecule is CCCCCCCCCCCCC(=O)Oc1ccc(C(=O)Oc2ccc(C#N)cc2)cc1. The summed E-state index contributed by atoms with van der Waals surface area (Å²) in [6.45, 7) is 2.23. The van der Waals surface area contributed by atoms with Gasteiger partial charge in [0.1, 0.15) is 11.5 Å². The predicted molar refractivity (Wildman–Crippen MR) is 125 cm³/mol. The number of unbranched alkanes of at least 4 members (excludes halogenated alkanes) is 9. The van der Waals surface area contributed by atoms with Gasteiger partial charge in [-0.25, -0.2) is 4.79 Å². The standard InChI is InChI=1S/C27H33NO4/c1-2-3-4-5-6-7-8-9-10-11-12-26(29)31-24-19-15-23(16-20-24)27(30)32-25-17-13-22(21-28)14-18-25/h13-20H,2-12H2,1H3. The molecule has 5 heteroatoms. The Morgan fingerprint density at radius 3 is 1.78 bits per heavy atom. The van der Waals surface area contributed by atoms with E-state index >= 15 is 0 Å². The van der Waals surface area contributed by atoms with E-state index in [2.05, 4.69) is 6.92 Å². The van der Waals surface area contributed by atoms with Gasteiger partial charge in [0, 0.05) is 6.42 Å². The predicted octanol–water partition coefficient (Wildman–Crippen LogP) is 6.99. The first-order chi connectivity index (χ1) is 15.6. The lowest BCUT2D eigenvalue weighted by atomic mass is 10.1. The smallest absolute Gasteiger partial charge is 0.343 e. The molecule has 2 aromatic rings. The molecule has 0 saturated carbocycles. The second kappa shape index (κ2) is 14.8. The van der Waals surface area contributed by atoms with Gasteiger partial charge in [-0.3, -0.25) is 4.79 Å². The number of hydrogen-bond acceptors (Lipinski definition) is 5. The highest BCUT2D eigenvalue weighted by atomic mass is 16.5. The topological polar surface area (TPSA) is 76.4 Å². The van der Waals surface area contributed by atoms with Crippen molar-refractivity contribution in [3.8, 4) is 17.6 Å². The van der Waals surface area contributed by atoms with Crippen LogP contribution in [-0.4, -0.2) is 11.9 Å². The molecule has 0 unspecified atom stereocenters. The first kappa shape index (κ1) is 25.1. The molecule has 2 rings (SSSR count). The molecule has 0 spiro atoms. The summed E-state index contributed by atoms with van der Waals surface area (Å²) in [4.78, 5) is 24.2. The van der Waals surface area contributed by atoms with Crippen molar-refractivity contribution < 1.29 is 19.1 Å². The zero-order valence-corrected chi connectivity index (χ0v) is 19.0. The molecule has 0 heterocycles. The van der Waals surface area contributed by atoms with Crippen molar-refractivity contribution in [1.29, 1.82) is 5.26 Å². The largest absolute Gasteiger partial charge is 0.427 e. The fraction of sp³-hybridized carbons (Fsp3) is 0.444. The summed E-state index contributed by atoms with van der Waals surface area (Å²) in [5.74, 6) is 0.00780. The highest BCUT2D eigenvalue weighted by Gasteiger charge is 2.10. The van der Waals surface area contributed by atoms with Crippen molar-refractivity contribution >= 4 is 11.9 Å². The Balaban J connectivity index is 1.62. The lowest BCUT2D eigenvalue weighted by Crippen LogP contribution is -2.10. The van der Waals surface area contributed by atoms with E-state index in [1.54, 1.807) is 48.5 Å². The Morgan fingerprint density at radius 2 is 1.22 bits per heavy atom. The third-order valence-electron chi connectivity index (χ3n) is 5.25. The number of nitrogens with zero attached hydrogens (tertiary/aromatic N) is 1. The molecular weight excluding hydrogens is 402 g/mol. The first-order valence-electron chi connectivity index (χ1n) is 11.7. The normalized spacial score (nSPS) is 10.4. The molecule has 32 heavy (non-hydrogen) atoms. The van der Waals surface area contributed by atoms with Crippen molar-refractivity contribution in [3.63, 3.8) is 0 Å². The van der Waals surface area contributed by atoms with Crippen LogP contribution in [-0.2, 0) is 4.79 Å². The highest BCUT2D eigenvalue weighted by Crippen LogP contribution is 2.18. The minimum absolute atomic E-state index is 0.252. The van der Waals surface area contributed by atoms with Gasteiger partial charge in [-0.1, -0.05) is 64.7 Å². The van der Waals surface area contributed by atoms with E-state index in [1.807, 2.05) is 6.07 Å². The summed E-state index contributed by atoms with van der Waals surface area (Å²) >= 11 is 0. The summed E-state index contributed by atoms with van der Waals surface area (Å²) in [5, 5.41) is 8.81. The number of rotatable bonds is 14. The molecule has 0 fully saturated rings. The van der Waals surface area contributed by atoms with Crippen LogP contribution in [0.5, 0.6) is 11.5 Å². The maximum absolute atomic E-state index is 12.2. The number of benzene rings is 2. The van der Waals surface area contributed by atoms with Gasteiger partial charge in [0.2, 0.25) is 0 Å². The van der Waals surface area contributed by atoms with Gasteiger partial charge in [0.25, 0.3) is 0 Å². The Bertz CT molecular complexity index is 866. The fourth-order valence-corrected chi connectivity index (χ4v) is 3.36. The number of esters is 2.